The zero-order valence-corrected chi connectivity index (χ0v) is 12.1. The molecule has 0 unspecified atom stereocenters. The highest BCUT2D eigenvalue weighted by Gasteiger charge is 2.05. The smallest absolute Gasteiger partial charge is 0.189 e. The van der Waals surface area contributed by atoms with E-state index >= 15 is 0 Å². The molecule has 0 aliphatic rings. The predicted octanol–water partition coefficient (Wildman–Crippen LogP) is 4.02. The molecule has 1 N–H and O–H groups in total. The Labute approximate surface area is 117 Å². The minimum atomic E-state index is 0.829. The van der Waals surface area contributed by atoms with Crippen LogP contribution in [0.3, 0.4) is 0 Å². The van der Waals surface area contributed by atoms with Crippen molar-refractivity contribution in [1.29, 1.82) is 0 Å². The normalized spacial score (nSPS) is 11.0. The molecule has 3 rings (SSSR count). The lowest BCUT2D eigenvalue weighted by atomic mass is 10.3. The standard InChI is InChI=1S/C12H11BrN4S/c1-2-17-6-5-11(16-17)15-12-14-9-4-3-8(13)7-10(9)18-12/h3-7H,2H2,1H3,(H,14,15,16). The van der Waals surface area contributed by atoms with Crippen molar-refractivity contribution in [2.45, 2.75) is 13.5 Å². The maximum Gasteiger partial charge on any atom is 0.189 e. The van der Waals surface area contributed by atoms with Crippen LogP contribution in [0.25, 0.3) is 10.2 Å². The van der Waals surface area contributed by atoms with Gasteiger partial charge in [-0.05, 0) is 25.1 Å². The Bertz CT molecular complexity index is 688. The van der Waals surface area contributed by atoms with Crippen LogP contribution in [0.4, 0.5) is 10.9 Å². The lowest BCUT2D eigenvalue weighted by Crippen LogP contribution is -1.96. The first-order valence-corrected chi connectivity index (χ1v) is 7.22. The average molecular weight is 323 g/mol. The second-order valence-corrected chi connectivity index (χ2v) is 5.76. The Morgan fingerprint density at radius 3 is 3.06 bits per heavy atom. The van der Waals surface area contributed by atoms with Gasteiger partial charge in [0.15, 0.2) is 10.9 Å². The predicted molar refractivity (Wildman–Crippen MR) is 78.5 cm³/mol. The van der Waals surface area contributed by atoms with Crippen molar-refractivity contribution < 1.29 is 0 Å². The van der Waals surface area contributed by atoms with Crippen molar-refractivity contribution in [2.24, 2.45) is 0 Å². The molecule has 0 radical (unpaired) electrons. The molecule has 0 bridgehead atoms. The highest BCUT2D eigenvalue weighted by Crippen LogP contribution is 2.29. The first-order chi connectivity index (χ1) is 8.74. The number of fused-ring (bicyclic) bond motifs is 1. The molecule has 18 heavy (non-hydrogen) atoms. The zero-order chi connectivity index (χ0) is 12.5. The first-order valence-electron chi connectivity index (χ1n) is 5.61. The van der Waals surface area contributed by atoms with Crippen molar-refractivity contribution >= 4 is 48.4 Å². The minimum Gasteiger partial charge on any atom is -0.315 e. The molecule has 3 aromatic rings. The van der Waals surface area contributed by atoms with Gasteiger partial charge in [0, 0.05) is 23.3 Å². The van der Waals surface area contributed by atoms with Crippen LogP contribution in [0.15, 0.2) is 34.9 Å². The molecule has 6 heteroatoms. The van der Waals surface area contributed by atoms with Crippen LogP contribution in [0, 0.1) is 0 Å². The topological polar surface area (TPSA) is 42.7 Å². The number of aromatic nitrogens is 3. The summed E-state index contributed by atoms with van der Waals surface area (Å²) >= 11 is 5.09. The second kappa shape index (κ2) is 4.70. The number of anilines is 2. The number of hydrogen-bond acceptors (Lipinski definition) is 4. The average Bonchev–Trinajstić information content (AvgIpc) is 2.95. The number of thiazole rings is 1. The van der Waals surface area contributed by atoms with E-state index in [2.05, 4.69) is 44.3 Å². The Balaban J connectivity index is 1.90. The van der Waals surface area contributed by atoms with Gasteiger partial charge < -0.3 is 5.32 Å². The molecule has 0 amide bonds. The minimum absolute atomic E-state index is 0.829. The van der Waals surface area contributed by atoms with Crippen molar-refractivity contribution in [3.63, 3.8) is 0 Å². The highest BCUT2D eigenvalue weighted by atomic mass is 79.9. The number of rotatable bonds is 3. The monoisotopic (exact) mass is 322 g/mol. The molecule has 2 aromatic heterocycles. The van der Waals surface area contributed by atoms with Gasteiger partial charge in [-0.1, -0.05) is 27.3 Å². The van der Waals surface area contributed by atoms with E-state index in [1.165, 1.54) is 0 Å². The summed E-state index contributed by atoms with van der Waals surface area (Å²) in [5.41, 5.74) is 1.00. The molecule has 92 valence electrons. The first kappa shape index (κ1) is 11.7. The summed E-state index contributed by atoms with van der Waals surface area (Å²) in [7, 11) is 0. The van der Waals surface area contributed by atoms with Gasteiger partial charge in [-0.3, -0.25) is 4.68 Å². The van der Waals surface area contributed by atoms with Gasteiger partial charge in [-0.15, -0.1) is 0 Å². The lowest BCUT2D eigenvalue weighted by Gasteiger charge is -1.96. The Kier molecular flexibility index (Phi) is 3.05. The van der Waals surface area contributed by atoms with E-state index in [0.717, 1.165) is 32.2 Å². The molecule has 0 aliphatic heterocycles. The van der Waals surface area contributed by atoms with Gasteiger partial charge >= 0.3 is 0 Å². The van der Waals surface area contributed by atoms with Crippen molar-refractivity contribution in [3.8, 4) is 0 Å². The van der Waals surface area contributed by atoms with Crippen LogP contribution in [0.1, 0.15) is 6.92 Å². The van der Waals surface area contributed by atoms with Crippen LogP contribution in [-0.4, -0.2) is 14.8 Å². The van der Waals surface area contributed by atoms with Gasteiger partial charge in [0.2, 0.25) is 0 Å². The molecular formula is C12H11BrN4S. The Morgan fingerprint density at radius 2 is 2.28 bits per heavy atom. The van der Waals surface area contributed by atoms with Gasteiger partial charge in [-0.25, -0.2) is 4.98 Å². The third kappa shape index (κ3) is 2.26. The van der Waals surface area contributed by atoms with E-state index in [-0.39, 0.29) is 0 Å². The number of benzene rings is 1. The number of hydrogen-bond donors (Lipinski definition) is 1. The maximum atomic E-state index is 4.52. The van der Waals surface area contributed by atoms with E-state index in [9.17, 15) is 0 Å². The fourth-order valence-corrected chi connectivity index (χ4v) is 3.09. The fraction of sp³-hybridized carbons (Fsp3) is 0.167. The van der Waals surface area contributed by atoms with E-state index in [4.69, 9.17) is 0 Å². The van der Waals surface area contributed by atoms with Gasteiger partial charge in [0.1, 0.15) is 0 Å². The van der Waals surface area contributed by atoms with Crippen molar-refractivity contribution in [1.82, 2.24) is 14.8 Å². The summed E-state index contributed by atoms with van der Waals surface area (Å²) in [5.74, 6) is 0.829. The summed E-state index contributed by atoms with van der Waals surface area (Å²) in [5, 5.41) is 8.47. The Morgan fingerprint density at radius 1 is 1.39 bits per heavy atom. The van der Waals surface area contributed by atoms with Crippen LogP contribution in [-0.2, 0) is 6.54 Å². The van der Waals surface area contributed by atoms with Gasteiger partial charge in [0.25, 0.3) is 0 Å². The number of aryl methyl sites for hydroxylation is 1. The number of nitrogens with one attached hydrogen (secondary N) is 1. The van der Waals surface area contributed by atoms with Gasteiger partial charge in [-0.2, -0.15) is 5.10 Å². The molecule has 4 nitrogen and oxygen atoms in total. The summed E-state index contributed by atoms with van der Waals surface area (Å²) in [6.45, 7) is 2.93. The summed E-state index contributed by atoms with van der Waals surface area (Å²) < 4.78 is 4.11. The summed E-state index contributed by atoms with van der Waals surface area (Å²) in [6, 6.07) is 8.03. The van der Waals surface area contributed by atoms with Crippen LogP contribution < -0.4 is 5.32 Å². The lowest BCUT2D eigenvalue weighted by molar-refractivity contribution is 0.662. The summed E-state index contributed by atoms with van der Waals surface area (Å²) in [4.78, 5) is 4.52. The quantitative estimate of drug-likeness (QED) is 0.792. The van der Waals surface area contributed by atoms with E-state index in [0.29, 0.717) is 0 Å². The van der Waals surface area contributed by atoms with Gasteiger partial charge in [0.05, 0.1) is 10.2 Å². The van der Waals surface area contributed by atoms with Crippen LogP contribution >= 0.6 is 27.3 Å². The second-order valence-electron chi connectivity index (χ2n) is 3.81. The number of nitrogens with zero attached hydrogens (tertiary/aromatic N) is 3. The molecule has 0 spiro atoms. The molecule has 2 heterocycles. The zero-order valence-electron chi connectivity index (χ0n) is 9.72. The molecule has 1 aromatic carbocycles. The molecular weight excluding hydrogens is 312 g/mol. The van der Waals surface area contributed by atoms with Crippen LogP contribution in [0.2, 0.25) is 0 Å². The van der Waals surface area contributed by atoms with E-state index in [1.54, 1.807) is 11.3 Å². The molecule has 0 atom stereocenters. The molecule has 0 saturated carbocycles. The SMILES string of the molecule is CCn1ccc(Nc2nc3ccc(Br)cc3s2)n1. The highest BCUT2D eigenvalue weighted by molar-refractivity contribution is 9.10. The maximum absolute atomic E-state index is 4.52. The molecule has 0 aliphatic carbocycles. The fourth-order valence-electron chi connectivity index (χ4n) is 1.67. The third-order valence-electron chi connectivity index (χ3n) is 2.55. The Hall–Kier alpha value is -1.40. The number of halogens is 1. The molecule has 0 saturated heterocycles. The molecule has 0 fully saturated rings. The largest absolute Gasteiger partial charge is 0.315 e. The summed E-state index contributed by atoms with van der Waals surface area (Å²) in [6.07, 6.45) is 1.95. The van der Waals surface area contributed by atoms with Crippen LogP contribution in [0.5, 0.6) is 0 Å². The van der Waals surface area contributed by atoms with E-state index in [1.807, 2.05) is 29.1 Å². The van der Waals surface area contributed by atoms with Crippen molar-refractivity contribution in [3.05, 3.63) is 34.9 Å². The van der Waals surface area contributed by atoms with Crippen molar-refractivity contribution in [2.75, 3.05) is 5.32 Å². The third-order valence-corrected chi connectivity index (χ3v) is 3.98. The van der Waals surface area contributed by atoms with E-state index < -0.39 is 0 Å².